The molecule has 0 fully saturated rings. The Morgan fingerprint density at radius 3 is 2.59 bits per heavy atom. The van der Waals surface area contributed by atoms with Crippen LogP contribution in [0, 0.1) is 0 Å². The van der Waals surface area contributed by atoms with E-state index in [-0.39, 0.29) is 12.2 Å². The summed E-state index contributed by atoms with van der Waals surface area (Å²) >= 11 is 0. The second-order valence-electron chi connectivity index (χ2n) is 3.55. The third kappa shape index (κ3) is 4.44. The predicted molar refractivity (Wildman–Crippen MR) is 63.0 cm³/mol. The number of methoxy groups -OCH3 is 1. The van der Waals surface area contributed by atoms with E-state index >= 15 is 0 Å². The molecule has 1 aromatic rings. The number of para-hydroxylation sites is 1. The molecule has 0 saturated carbocycles. The number of carboxylic acids is 1. The third-order valence-electron chi connectivity index (χ3n) is 2.22. The highest BCUT2D eigenvalue weighted by Gasteiger charge is 2.16. The number of aliphatic carboxylic acids is 1. The smallest absolute Gasteiger partial charge is 0.318 e. The zero-order chi connectivity index (χ0) is 12.9. The number of carboxylic acid groups (broad SMARTS) is 1. The standard InChI is InChI=1S/C11H14O5S/c1-16-10-5-3-2-4-9(10)6-7-17(14,15)8-11(12)13/h2-5H,6-8H2,1H3,(H,12,13). The van der Waals surface area contributed by atoms with E-state index in [1.54, 1.807) is 24.3 Å². The first-order valence-electron chi connectivity index (χ1n) is 4.99. The second-order valence-corrected chi connectivity index (χ2v) is 5.73. The molecule has 5 nitrogen and oxygen atoms in total. The van der Waals surface area contributed by atoms with E-state index in [1.807, 2.05) is 0 Å². The van der Waals surface area contributed by atoms with Crippen LogP contribution in [0.1, 0.15) is 5.56 Å². The Balaban J connectivity index is 2.70. The van der Waals surface area contributed by atoms with Crippen LogP contribution in [0.3, 0.4) is 0 Å². The summed E-state index contributed by atoms with van der Waals surface area (Å²) in [6.45, 7) is 0. The van der Waals surface area contributed by atoms with Gasteiger partial charge in [0.25, 0.3) is 0 Å². The van der Waals surface area contributed by atoms with Crippen molar-refractivity contribution in [3.63, 3.8) is 0 Å². The van der Waals surface area contributed by atoms with Crippen LogP contribution in [0.15, 0.2) is 24.3 Å². The van der Waals surface area contributed by atoms with Gasteiger partial charge in [-0.3, -0.25) is 4.79 Å². The summed E-state index contributed by atoms with van der Waals surface area (Å²) in [5, 5.41) is 8.44. The lowest BCUT2D eigenvalue weighted by Crippen LogP contribution is -2.19. The molecule has 0 heterocycles. The second kappa shape index (κ2) is 5.67. The Kier molecular flexibility index (Phi) is 4.51. The molecular weight excluding hydrogens is 244 g/mol. The van der Waals surface area contributed by atoms with E-state index in [0.29, 0.717) is 5.75 Å². The van der Waals surface area contributed by atoms with Crippen molar-refractivity contribution in [2.24, 2.45) is 0 Å². The topological polar surface area (TPSA) is 80.7 Å². The van der Waals surface area contributed by atoms with Gasteiger partial charge >= 0.3 is 5.97 Å². The summed E-state index contributed by atoms with van der Waals surface area (Å²) in [5.74, 6) is -1.75. The first-order valence-corrected chi connectivity index (χ1v) is 6.81. The molecule has 0 aliphatic heterocycles. The summed E-state index contributed by atoms with van der Waals surface area (Å²) in [7, 11) is -2.05. The van der Waals surface area contributed by atoms with Gasteiger partial charge in [0.1, 0.15) is 11.5 Å². The minimum absolute atomic E-state index is 0.195. The minimum Gasteiger partial charge on any atom is -0.496 e. The Morgan fingerprint density at radius 1 is 1.35 bits per heavy atom. The highest BCUT2D eigenvalue weighted by Crippen LogP contribution is 2.18. The first-order chi connectivity index (χ1) is 7.94. The SMILES string of the molecule is COc1ccccc1CCS(=O)(=O)CC(=O)O. The predicted octanol–water partition coefficient (Wildman–Crippen LogP) is 0.737. The Morgan fingerprint density at radius 2 is 2.00 bits per heavy atom. The number of ether oxygens (including phenoxy) is 1. The van der Waals surface area contributed by atoms with Crippen molar-refractivity contribution in [1.82, 2.24) is 0 Å². The molecule has 0 amide bonds. The number of hydrogen-bond donors (Lipinski definition) is 1. The van der Waals surface area contributed by atoms with Gasteiger partial charge in [-0.05, 0) is 18.1 Å². The van der Waals surface area contributed by atoms with Crippen molar-refractivity contribution in [2.45, 2.75) is 6.42 Å². The fourth-order valence-corrected chi connectivity index (χ4v) is 2.49. The third-order valence-corrected chi connectivity index (χ3v) is 3.73. The van der Waals surface area contributed by atoms with Crippen LogP contribution in [0.25, 0.3) is 0 Å². The zero-order valence-corrected chi connectivity index (χ0v) is 10.2. The fraction of sp³-hybridized carbons (Fsp3) is 0.364. The minimum atomic E-state index is -3.56. The Hall–Kier alpha value is -1.56. The van der Waals surface area contributed by atoms with Crippen LogP contribution < -0.4 is 4.74 Å². The fourth-order valence-electron chi connectivity index (χ4n) is 1.44. The van der Waals surface area contributed by atoms with Gasteiger partial charge < -0.3 is 9.84 Å². The lowest BCUT2D eigenvalue weighted by Gasteiger charge is -2.07. The molecule has 6 heteroatoms. The number of carbonyl (C=O) groups is 1. The van der Waals surface area contributed by atoms with Crippen LogP contribution in [0.5, 0.6) is 5.75 Å². The van der Waals surface area contributed by atoms with E-state index in [4.69, 9.17) is 9.84 Å². The summed E-state index contributed by atoms with van der Waals surface area (Å²) in [4.78, 5) is 10.3. The molecule has 1 aromatic carbocycles. The molecule has 0 radical (unpaired) electrons. The molecule has 0 aliphatic carbocycles. The van der Waals surface area contributed by atoms with E-state index in [1.165, 1.54) is 7.11 Å². The molecule has 94 valence electrons. The molecule has 0 unspecified atom stereocenters. The molecule has 1 rings (SSSR count). The number of hydrogen-bond acceptors (Lipinski definition) is 4. The molecule has 0 saturated heterocycles. The summed E-state index contributed by atoms with van der Waals surface area (Å²) < 4.78 is 27.9. The largest absolute Gasteiger partial charge is 0.496 e. The molecule has 1 N–H and O–H groups in total. The number of aryl methyl sites for hydroxylation is 1. The van der Waals surface area contributed by atoms with Crippen molar-refractivity contribution in [3.05, 3.63) is 29.8 Å². The van der Waals surface area contributed by atoms with Gasteiger partial charge in [0.05, 0.1) is 12.9 Å². The van der Waals surface area contributed by atoms with Crippen molar-refractivity contribution in [1.29, 1.82) is 0 Å². The molecule has 0 aromatic heterocycles. The molecule has 17 heavy (non-hydrogen) atoms. The maximum Gasteiger partial charge on any atom is 0.318 e. The number of benzene rings is 1. The van der Waals surface area contributed by atoms with Crippen LogP contribution >= 0.6 is 0 Å². The first kappa shape index (κ1) is 13.5. The van der Waals surface area contributed by atoms with Gasteiger partial charge in [-0.25, -0.2) is 8.42 Å². The molecule has 0 bridgehead atoms. The average Bonchev–Trinajstić information content (AvgIpc) is 2.25. The number of rotatable bonds is 6. The van der Waals surface area contributed by atoms with Gasteiger partial charge in [0.2, 0.25) is 0 Å². The monoisotopic (exact) mass is 258 g/mol. The van der Waals surface area contributed by atoms with Crippen LogP contribution in [-0.4, -0.2) is 38.1 Å². The van der Waals surface area contributed by atoms with Crippen molar-refractivity contribution < 1.29 is 23.1 Å². The van der Waals surface area contributed by atoms with E-state index in [9.17, 15) is 13.2 Å². The van der Waals surface area contributed by atoms with Crippen molar-refractivity contribution in [3.8, 4) is 5.75 Å². The highest BCUT2D eigenvalue weighted by atomic mass is 32.2. The summed E-state index contributed by atoms with van der Waals surface area (Å²) in [6, 6.07) is 7.06. The lowest BCUT2D eigenvalue weighted by atomic mass is 10.1. The maximum absolute atomic E-state index is 11.4. The van der Waals surface area contributed by atoms with Gasteiger partial charge in [-0.2, -0.15) is 0 Å². The van der Waals surface area contributed by atoms with Crippen molar-refractivity contribution >= 4 is 15.8 Å². The van der Waals surface area contributed by atoms with Crippen LogP contribution in [0.2, 0.25) is 0 Å². The lowest BCUT2D eigenvalue weighted by molar-refractivity contribution is -0.134. The van der Waals surface area contributed by atoms with Crippen LogP contribution in [-0.2, 0) is 21.1 Å². The molecular formula is C11H14O5S. The van der Waals surface area contributed by atoms with Gasteiger partial charge in [-0.1, -0.05) is 18.2 Å². The summed E-state index contributed by atoms with van der Waals surface area (Å²) in [5.41, 5.74) is 0.754. The van der Waals surface area contributed by atoms with E-state index in [2.05, 4.69) is 0 Å². The highest BCUT2D eigenvalue weighted by molar-refractivity contribution is 7.92. The van der Waals surface area contributed by atoms with Gasteiger partial charge in [0, 0.05) is 0 Å². The Bertz CT molecular complexity index is 492. The van der Waals surface area contributed by atoms with Crippen LogP contribution in [0.4, 0.5) is 0 Å². The quantitative estimate of drug-likeness (QED) is 0.813. The Labute approximate surface area is 100.0 Å². The average molecular weight is 258 g/mol. The number of sulfone groups is 1. The van der Waals surface area contributed by atoms with Gasteiger partial charge in [0.15, 0.2) is 9.84 Å². The maximum atomic E-state index is 11.4. The molecule has 0 aliphatic rings. The van der Waals surface area contributed by atoms with E-state index < -0.39 is 21.6 Å². The zero-order valence-electron chi connectivity index (χ0n) is 9.42. The van der Waals surface area contributed by atoms with E-state index in [0.717, 1.165) is 5.56 Å². The molecule has 0 spiro atoms. The van der Waals surface area contributed by atoms with Gasteiger partial charge in [-0.15, -0.1) is 0 Å². The van der Waals surface area contributed by atoms with Crippen molar-refractivity contribution in [2.75, 3.05) is 18.6 Å². The summed E-state index contributed by atoms with van der Waals surface area (Å²) in [6.07, 6.45) is 0.250. The molecule has 0 atom stereocenters. The normalized spacial score (nSPS) is 11.1.